The van der Waals surface area contributed by atoms with E-state index >= 15 is 0 Å². The summed E-state index contributed by atoms with van der Waals surface area (Å²) in [6.07, 6.45) is 0. The van der Waals surface area contributed by atoms with E-state index in [-0.39, 0.29) is 11.2 Å². The zero-order chi connectivity index (χ0) is 19.5. The molecule has 1 heterocycles. The highest BCUT2D eigenvalue weighted by Crippen LogP contribution is 2.36. The Labute approximate surface area is 167 Å². The number of methoxy groups -OCH3 is 1. The Morgan fingerprint density at radius 3 is 2.57 bits per heavy atom. The third kappa shape index (κ3) is 3.71. The predicted molar refractivity (Wildman–Crippen MR) is 116 cm³/mol. The Balaban J connectivity index is 1.54. The highest BCUT2D eigenvalue weighted by Gasteiger charge is 2.18. The van der Waals surface area contributed by atoms with E-state index in [0.717, 1.165) is 27.7 Å². The molecule has 0 spiro atoms. The third-order valence-corrected chi connectivity index (χ3v) is 5.88. The molecule has 1 atom stereocenters. The average molecular weight is 391 g/mol. The van der Waals surface area contributed by atoms with Crippen molar-refractivity contribution in [1.82, 2.24) is 0 Å². The van der Waals surface area contributed by atoms with Crippen LogP contribution in [-0.2, 0) is 10.5 Å². The molecule has 4 rings (SSSR count). The molecule has 1 N–H and O–H groups in total. The third-order valence-electron chi connectivity index (χ3n) is 4.67. The zero-order valence-electron chi connectivity index (χ0n) is 15.8. The molecule has 0 radical (unpaired) electrons. The first-order valence-corrected chi connectivity index (χ1v) is 10.2. The zero-order valence-corrected chi connectivity index (χ0v) is 16.6. The van der Waals surface area contributed by atoms with Crippen LogP contribution in [0.1, 0.15) is 12.5 Å². The number of hydrogen-bond acceptors (Lipinski definition) is 4. The van der Waals surface area contributed by atoms with Crippen LogP contribution in [0.15, 0.2) is 71.1 Å². The van der Waals surface area contributed by atoms with E-state index in [4.69, 9.17) is 9.15 Å². The summed E-state index contributed by atoms with van der Waals surface area (Å²) in [5, 5.41) is 4.79. The van der Waals surface area contributed by atoms with Crippen LogP contribution in [0.5, 0.6) is 5.75 Å². The number of rotatable bonds is 6. The Morgan fingerprint density at radius 2 is 1.79 bits per heavy atom. The minimum atomic E-state index is -0.198. The van der Waals surface area contributed by atoms with Crippen molar-refractivity contribution >= 4 is 45.3 Å². The number of amides is 1. The number of furan rings is 1. The van der Waals surface area contributed by atoms with Crippen molar-refractivity contribution in [2.45, 2.75) is 17.9 Å². The number of thioether (sulfide) groups is 1. The molecule has 1 aromatic heterocycles. The van der Waals surface area contributed by atoms with E-state index in [2.05, 4.69) is 17.4 Å². The van der Waals surface area contributed by atoms with Crippen molar-refractivity contribution in [2.75, 3.05) is 12.4 Å². The Hall–Kier alpha value is -2.92. The molecule has 4 nitrogen and oxygen atoms in total. The van der Waals surface area contributed by atoms with Crippen LogP contribution in [0.25, 0.3) is 21.9 Å². The van der Waals surface area contributed by atoms with Crippen molar-refractivity contribution in [3.63, 3.8) is 0 Å². The molecule has 3 aromatic carbocycles. The largest absolute Gasteiger partial charge is 0.495 e. The Bertz CT molecular complexity index is 1120. The van der Waals surface area contributed by atoms with Crippen molar-refractivity contribution in [3.8, 4) is 5.75 Å². The number of hydrogen-bond donors (Lipinski definition) is 1. The van der Waals surface area contributed by atoms with Gasteiger partial charge >= 0.3 is 0 Å². The van der Waals surface area contributed by atoms with Gasteiger partial charge in [-0.25, -0.2) is 0 Å². The molecule has 0 saturated heterocycles. The fourth-order valence-electron chi connectivity index (χ4n) is 3.12. The molecule has 0 aliphatic heterocycles. The minimum absolute atomic E-state index is 0.0605. The molecule has 1 amide bonds. The quantitative estimate of drug-likeness (QED) is 0.448. The van der Waals surface area contributed by atoms with Crippen molar-refractivity contribution in [1.29, 1.82) is 0 Å². The minimum Gasteiger partial charge on any atom is -0.495 e. The van der Waals surface area contributed by atoms with Crippen LogP contribution in [0.4, 0.5) is 5.69 Å². The van der Waals surface area contributed by atoms with Crippen molar-refractivity contribution in [2.24, 2.45) is 0 Å². The maximum Gasteiger partial charge on any atom is 0.237 e. The molecule has 0 saturated carbocycles. The standard InChI is InChI=1S/C23H21NO3S/c1-15(28-14-16-8-4-3-5-9-16)23(25)24-19-13-21-18(12-22(19)26-2)17-10-6-7-11-20(17)27-21/h3-13,15H,14H2,1-2H3,(H,24,25)/t15-/m0/s1. The summed E-state index contributed by atoms with van der Waals surface area (Å²) in [5.41, 5.74) is 3.36. The fourth-order valence-corrected chi connectivity index (χ4v) is 3.97. The van der Waals surface area contributed by atoms with Gasteiger partial charge in [0.1, 0.15) is 16.9 Å². The lowest BCUT2D eigenvalue weighted by Crippen LogP contribution is -2.22. The van der Waals surface area contributed by atoms with E-state index in [1.807, 2.05) is 61.5 Å². The first-order valence-electron chi connectivity index (χ1n) is 9.11. The van der Waals surface area contributed by atoms with Crippen molar-refractivity contribution in [3.05, 3.63) is 72.3 Å². The first-order chi connectivity index (χ1) is 13.7. The summed E-state index contributed by atoms with van der Waals surface area (Å²) in [5.74, 6) is 1.34. The number of ether oxygens (including phenoxy) is 1. The maximum absolute atomic E-state index is 12.7. The second-order valence-electron chi connectivity index (χ2n) is 6.57. The van der Waals surface area contributed by atoms with Crippen LogP contribution in [0.3, 0.4) is 0 Å². The van der Waals surface area contributed by atoms with Crippen LogP contribution in [0, 0.1) is 0 Å². The average Bonchev–Trinajstić information content (AvgIpc) is 3.09. The fraction of sp³-hybridized carbons (Fsp3) is 0.174. The summed E-state index contributed by atoms with van der Waals surface area (Å²) < 4.78 is 11.4. The highest BCUT2D eigenvalue weighted by atomic mass is 32.2. The van der Waals surface area contributed by atoms with Crippen LogP contribution in [0.2, 0.25) is 0 Å². The van der Waals surface area contributed by atoms with Gasteiger partial charge in [-0.3, -0.25) is 4.79 Å². The topological polar surface area (TPSA) is 51.5 Å². The van der Waals surface area contributed by atoms with E-state index in [0.29, 0.717) is 11.4 Å². The van der Waals surface area contributed by atoms with E-state index in [9.17, 15) is 4.79 Å². The van der Waals surface area contributed by atoms with Crippen LogP contribution < -0.4 is 10.1 Å². The maximum atomic E-state index is 12.7. The second-order valence-corrected chi connectivity index (χ2v) is 7.90. The lowest BCUT2D eigenvalue weighted by molar-refractivity contribution is -0.115. The van der Waals surface area contributed by atoms with Crippen LogP contribution in [-0.4, -0.2) is 18.3 Å². The molecule has 142 valence electrons. The van der Waals surface area contributed by atoms with Gasteiger partial charge in [-0.1, -0.05) is 48.5 Å². The summed E-state index contributed by atoms with van der Waals surface area (Å²) in [6.45, 7) is 1.91. The number of anilines is 1. The van der Waals surface area contributed by atoms with Crippen molar-refractivity contribution < 1.29 is 13.9 Å². The number of para-hydroxylation sites is 1. The molecular formula is C23H21NO3S. The van der Waals surface area contributed by atoms with E-state index < -0.39 is 0 Å². The van der Waals surface area contributed by atoms with Crippen LogP contribution >= 0.6 is 11.8 Å². The highest BCUT2D eigenvalue weighted by molar-refractivity contribution is 7.99. The van der Waals surface area contributed by atoms with Gasteiger partial charge in [-0.2, -0.15) is 0 Å². The number of carbonyl (C=O) groups excluding carboxylic acids is 1. The molecule has 0 bridgehead atoms. The van der Waals surface area contributed by atoms with Gasteiger partial charge in [0.15, 0.2) is 0 Å². The summed E-state index contributed by atoms with van der Waals surface area (Å²) in [7, 11) is 1.60. The summed E-state index contributed by atoms with van der Waals surface area (Å²) in [6, 6.07) is 21.8. The number of fused-ring (bicyclic) bond motifs is 3. The first kappa shape index (κ1) is 18.4. The van der Waals surface area contributed by atoms with Gasteiger partial charge in [0.2, 0.25) is 5.91 Å². The van der Waals surface area contributed by atoms with E-state index in [1.54, 1.807) is 18.9 Å². The predicted octanol–water partition coefficient (Wildman–Crippen LogP) is 5.86. The molecule has 5 heteroatoms. The molecule has 0 fully saturated rings. The number of carbonyl (C=O) groups is 1. The molecular weight excluding hydrogens is 370 g/mol. The normalized spacial score (nSPS) is 12.2. The molecule has 4 aromatic rings. The van der Waals surface area contributed by atoms with Gasteiger partial charge in [-0.05, 0) is 24.6 Å². The van der Waals surface area contributed by atoms with Gasteiger partial charge in [0, 0.05) is 22.6 Å². The molecule has 0 aliphatic rings. The number of nitrogens with one attached hydrogen (secondary N) is 1. The Kier molecular flexibility index (Phi) is 5.26. The van der Waals surface area contributed by atoms with Gasteiger partial charge in [0.05, 0.1) is 18.0 Å². The lowest BCUT2D eigenvalue weighted by atomic mass is 10.1. The second kappa shape index (κ2) is 7.98. The monoisotopic (exact) mass is 391 g/mol. The SMILES string of the molecule is COc1cc2c(cc1NC(=O)[C@H](C)SCc1ccccc1)oc1ccccc12. The van der Waals surface area contributed by atoms with E-state index in [1.165, 1.54) is 5.56 Å². The smallest absolute Gasteiger partial charge is 0.237 e. The molecule has 0 aliphatic carbocycles. The summed E-state index contributed by atoms with van der Waals surface area (Å²) >= 11 is 1.60. The Morgan fingerprint density at radius 1 is 1.04 bits per heavy atom. The number of benzene rings is 3. The molecule has 28 heavy (non-hydrogen) atoms. The van der Waals surface area contributed by atoms with Gasteiger partial charge in [0.25, 0.3) is 0 Å². The summed E-state index contributed by atoms with van der Waals surface area (Å²) in [4.78, 5) is 12.7. The van der Waals surface area contributed by atoms with Gasteiger partial charge < -0.3 is 14.5 Å². The lowest BCUT2D eigenvalue weighted by Gasteiger charge is -2.14. The van der Waals surface area contributed by atoms with Gasteiger partial charge in [-0.15, -0.1) is 11.8 Å². The molecule has 0 unspecified atom stereocenters.